The molecule has 0 saturated heterocycles. The van der Waals surface area contributed by atoms with Gasteiger partial charge in [-0.05, 0) is 38.5 Å². The fourth-order valence-corrected chi connectivity index (χ4v) is 8.64. The maximum absolute atomic E-state index is 13.6. The summed E-state index contributed by atoms with van der Waals surface area (Å²) in [7, 11) is 0. The number of unbranched alkanes of at least 4 members (excludes halogenated alkanes) is 26. The number of amides is 6. The first-order valence-electron chi connectivity index (χ1n) is 28.6. The molecule has 0 aromatic heterocycles. The number of carbonyl (C=O) groups is 6. The summed E-state index contributed by atoms with van der Waals surface area (Å²) in [5, 5.41) is 11.2. The molecule has 0 rings (SSSR count). The molecule has 418 valence electrons. The maximum Gasteiger partial charge on any atom is 0.243 e. The van der Waals surface area contributed by atoms with Crippen LogP contribution in [0.3, 0.4) is 0 Å². The molecule has 6 amide bonds. The standard InChI is InChI=1S/C54H106N12O6/c1-3-5-7-9-11-13-15-17-19-21-23-25-27-29-35-47(67)60-41-43-66(44-42-61-48(68)36-30-28-26-24-22-20-18-16-14-12-10-8-6-4-2)50(70)38-37-49(69)64-46(34-32-40-63-54(58)59)52(72)65-45(51(55)71)33-31-39-62-53(56)57/h45-46H,3-44H2,1-2H3,(H2,55,71)(H,60,67)(H,61,68)(H,64,69)(H,65,72)(H4,56,57,62)(H4,58,59,63)/t45-,46-/m0/s1. The number of primary amides is 1. The van der Waals surface area contributed by atoms with E-state index in [9.17, 15) is 28.8 Å². The van der Waals surface area contributed by atoms with Gasteiger partial charge in [-0.25, -0.2) is 0 Å². The van der Waals surface area contributed by atoms with Crippen LogP contribution in [0.25, 0.3) is 0 Å². The average molecular weight is 1020 g/mol. The Bertz CT molecular complexity index is 1420. The van der Waals surface area contributed by atoms with Crippen LogP contribution in [0.5, 0.6) is 0 Å². The average Bonchev–Trinajstić information content (AvgIpc) is 3.34. The van der Waals surface area contributed by atoms with E-state index in [2.05, 4.69) is 45.1 Å². The van der Waals surface area contributed by atoms with Gasteiger partial charge in [-0.1, -0.05) is 181 Å². The molecule has 0 saturated carbocycles. The molecule has 18 nitrogen and oxygen atoms in total. The van der Waals surface area contributed by atoms with E-state index >= 15 is 0 Å². The van der Waals surface area contributed by atoms with E-state index in [1.165, 1.54) is 141 Å². The quantitative estimate of drug-likeness (QED) is 0.0169. The Morgan fingerprint density at radius 3 is 1.10 bits per heavy atom. The zero-order valence-electron chi connectivity index (χ0n) is 45.5. The fourth-order valence-electron chi connectivity index (χ4n) is 8.64. The van der Waals surface area contributed by atoms with E-state index < -0.39 is 29.8 Å². The molecule has 14 N–H and O–H groups in total. The molecule has 0 radical (unpaired) electrons. The van der Waals surface area contributed by atoms with Crippen molar-refractivity contribution in [3.63, 3.8) is 0 Å². The number of hydrogen-bond donors (Lipinski definition) is 9. The molecule has 0 bridgehead atoms. The van der Waals surface area contributed by atoms with Crippen LogP contribution in [0.1, 0.15) is 245 Å². The predicted octanol–water partition coefficient (Wildman–Crippen LogP) is 7.13. The van der Waals surface area contributed by atoms with Crippen LogP contribution in [0, 0.1) is 0 Å². The topological polar surface area (TPSA) is 309 Å². The molecule has 72 heavy (non-hydrogen) atoms. The number of carbonyl (C=O) groups excluding carboxylic acids is 6. The third-order valence-corrected chi connectivity index (χ3v) is 13.0. The van der Waals surface area contributed by atoms with Gasteiger partial charge in [-0.15, -0.1) is 0 Å². The highest BCUT2D eigenvalue weighted by Crippen LogP contribution is 2.15. The van der Waals surface area contributed by atoms with Crippen molar-refractivity contribution in [2.75, 3.05) is 39.3 Å². The molecule has 0 heterocycles. The first-order chi connectivity index (χ1) is 34.8. The van der Waals surface area contributed by atoms with E-state index in [1.54, 1.807) is 4.90 Å². The summed E-state index contributed by atoms with van der Waals surface area (Å²) < 4.78 is 0. The number of rotatable bonds is 51. The molecule has 0 fully saturated rings. The first kappa shape index (κ1) is 67.4. The van der Waals surface area contributed by atoms with Crippen LogP contribution in [0.2, 0.25) is 0 Å². The van der Waals surface area contributed by atoms with Gasteiger partial charge in [0.05, 0.1) is 0 Å². The van der Waals surface area contributed by atoms with E-state index in [4.69, 9.17) is 28.7 Å². The lowest BCUT2D eigenvalue weighted by Crippen LogP contribution is -2.53. The summed E-state index contributed by atoms with van der Waals surface area (Å²) >= 11 is 0. The Morgan fingerprint density at radius 2 is 0.750 bits per heavy atom. The van der Waals surface area contributed by atoms with Crippen LogP contribution < -0.4 is 49.9 Å². The van der Waals surface area contributed by atoms with Crippen LogP contribution >= 0.6 is 0 Å². The Labute approximate surface area is 435 Å². The zero-order chi connectivity index (χ0) is 53.3. The number of nitrogens with two attached hydrogens (primary N) is 5. The summed E-state index contributed by atoms with van der Waals surface area (Å²) in [6, 6.07) is -2.12. The van der Waals surface area contributed by atoms with E-state index in [-0.39, 0.29) is 94.6 Å². The molecule has 0 unspecified atom stereocenters. The van der Waals surface area contributed by atoms with Crippen molar-refractivity contribution >= 4 is 47.4 Å². The smallest absolute Gasteiger partial charge is 0.243 e. The molecule has 18 heteroatoms. The highest BCUT2D eigenvalue weighted by atomic mass is 16.2. The summed E-state index contributed by atoms with van der Waals surface area (Å²) in [4.78, 5) is 87.5. The van der Waals surface area contributed by atoms with Crippen molar-refractivity contribution in [3.05, 3.63) is 0 Å². The largest absolute Gasteiger partial charge is 0.370 e. The van der Waals surface area contributed by atoms with Crippen molar-refractivity contribution in [3.8, 4) is 0 Å². The van der Waals surface area contributed by atoms with E-state index in [0.717, 1.165) is 38.5 Å². The number of nitrogens with one attached hydrogen (secondary N) is 4. The molecule has 2 atom stereocenters. The Kier molecular flexibility index (Phi) is 45.5. The second kappa shape index (κ2) is 48.6. The van der Waals surface area contributed by atoms with Gasteiger partial charge in [0.15, 0.2) is 11.9 Å². The third-order valence-electron chi connectivity index (χ3n) is 13.0. The number of guanidine groups is 2. The van der Waals surface area contributed by atoms with Gasteiger partial charge >= 0.3 is 0 Å². The lowest BCUT2D eigenvalue weighted by atomic mass is 10.0. The third kappa shape index (κ3) is 44.1. The van der Waals surface area contributed by atoms with E-state index in [0.29, 0.717) is 25.7 Å². The first-order valence-corrected chi connectivity index (χ1v) is 28.6. The molecule has 0 aromatic carbocycles. The van der Waals surface area contributed by atoms with Gasteiger partial charge in [0.25, 0.3) is 0 Å². The number of hydrogen-bond acceptors (Lipinski definition) is 8. The van der Waals surface area contributed by atoms with Gasteiger partial charge < -0.3 is 54.8 Å². The normalized spacial score (nSPS) is 11.8. The van der Waals surface area contributed by atoms with Crippen molar-refractivity contribution in [1.82, 2.24) is 26.2 Å². The highest BCUT2D eigenvalue weighted by molar-refractivity contribution is 5.92. The minimum atomic E-state index is -1.08. The van der Waals surface area contributed by atoms with Crippen molar-refractivity contribution in [2.24, 2.45) is 38.7 Å². The van der Waals surface area contributed by atoms with Gasteiger partial charge in [0.1, 0.15) is 12.1 Å². The lowest BCUT2D eigenvalue weighted by Gasteiger charge is -2.24. The lowest BCUT2D eigenvalue weighted by molar-refractivity contribution is -0.135. The van der Waals surface area contributed by atoms with Gasteiger partial charge in [0.2, 0.25) is 35.4 Å². The summed E-state index contributed by atoms with van der Waals surface area (Å²) in [5.74, 6) is -2.66. The minimum absolute atomic E-state index is 0.0707. The van der Waals surface area contributed by atoms with Crippen LogP contribution in [-0.4, -0.2) is 104 Å². The highest BCUT2D eigenvalue weighted by Gasteiger charge is 2.26. The van der Waals surface area contributed by atoms with E-state index in [1.807, 2.05) is 0 Å². The van der Waals surface area contributed by atoms with Crippen LogP contribution in [0.15, 0.2) is 9.98 Å². The number of nitrogens with zero attached hydrogens (tertiary/aromatic N) is 3. The second-order valence-corrected chi connectivity index (χ2v) is 19.8. The second-order valence-electron chi connectivity index (χ2n) is 19.8. The molecule has 0 aliphatic heterocycles. The van der Waals surface area contributed by atoms with Gasteiger partial charge in [-0.3, -0.25) is 38.8 Å². The summed E-state index contributed by atoms with van der Waals surface area (Å²) in [5.41, 5.74) is 27.2. The zero-order valence-corrected chi connectivity index (χ0v) is 45.5. The molecule has 0 aliphatic carbocycles. The maximum atomic E-state index is 13.6. The molecule has 0 aliphatic rings. The van der Waals surface area contributed by atoms with Crippen molar-refractivity contribution in [1.29, 1.82) is 0 Å². The fraction of sp³-hybridized carbons (Fsp3) is 0.852. The SMILES string of the molecule is CCCCCCCCCCCCCCCCC(=O)NCCN(CCNC(=O)CCCCCCCCCCCCCCCC)C(=O)CCC(=O)N[C@@H](CCCN=C(N)N)C(=O)N[C@@H](CCCN=C(N)N)C(N)=O. The number of aliphatic imine (C=N–C) groups is 2. The predicted molar refractivity (Wildman–Crippen MR) is 295 cm³/mol. The van der Waals surface area contributed by atoms with Crippen LogP contribution in [-0.2, 0) is 28.8 Å². The van der Waals surface area contributed by atoms with Gasteiger partial charge in [-0.2, -0.15) is 0 Å². The van der Waals surface area contributed by atoms with Crippen molar-refractivity contribution in [2.45, 2.75) is 257 Å². The Morgan fingerprint density at radius 1 is 0.403 bits per heavy atom. The van der Waals surface area contributed by atoms with Crippen LogP contribution in [0.4, 0.5) is 0 Å². The van der Waals surface area contributed by atoms with Gasteiger partial charge in [0, 0.05) is 65.0 Å². The summed E-state index contributed by atoms with van der Waals surface area (Å²) in [6.45, 7) is 5.78. The summed E-state index contributed by atoms with van der Waals surface area (Å²) in [6.07, 6.45) is 36.1. The molecule has 0 aromatic rings. The Balaban J connectivity index is 5.18. The van der Waals surface area contributed by atoms with Crippen molar-refractivity contribution < 1.29 is 28.8 Å². The Hall–Kier alpha value is -4.64. The molecular weight excluding hydrogens is 913 g/mol. The molecule has 0 spiro atoms. The monoisotopic (exact) mass is 1020 g/mol. The molecular formula is C54H106N12O6. The minimum Gasteiger partial charge on any atom is -0.370 e.